The van der Waals surface area contributed by atoms with Gasteiger partial charge in [-0.2, -0.15) is 4.98 Å². The number of nitrogens with zero attached hydrogens (tertiary/aromatic N) is 4. The third-order valence-corrected chi connectivity index (χ3v) is 5.01. The lowest BCUT2D eigenvalue weighted by Crippen LogP contribution is -2.28. The molecule has 2 aliphatic heterocycles. The number of methoxy groups -OCH3 is 1. The molecular formula is C20H30ClN5O4. The second kappa shape index (κ2) is 10.8. The van der Waals surface area contributed by atoms with Gasteiger partial charge in [-0.3, -0.25) is 4.68 Å². The zero-order valence-corrected chi connectivity index (χ0v) is 18.7. The molecule has 2 aromatic rings. The lowest BCUT2D eigenvalue weighted by Gasteiger charge is -2.23. The summed E-state index contributed by atoms with van der Waals surface area (Å²) in [5, 5.41) is 8.25. The summed E-state index contributed by atoms with van der Waals surface area (Å²) in [6.07, 6.45) is 4.29. The molecule has 1 fully saturated rings. The van der Waals surface area contributed by atoms with Crippen molar-refractivity contribution in [3.8, 4) is 11.8 Å². The summed E-state index contributed by atoms with van der Waals surface area (Å²) < 4.78 is 24.5. The predicted octanol–water partition coefficient (Wildman–Crippen LogP) is 3.93. The molecule has 1 N–H and O–H groups in total. The first kappa shape index (κ1) is 22.6. The number of rotatable bonds is 2. The molecule has 0 aliphatic carbocycles. The Hall–Kier alpha value is -2.10. The van der Waals surface area contributed by atoms with E-state index in [0.29, 0.717) is 22.7 Å². The maximum Gasteiger partial charge on any atom is 0.257 e. The molecule has 4 heterocycles. The summed E-state index contributed by atoms with van der Waals surface area (Å²) in [4.78, 5) is 8.60. The van der Waals surface area contributed by atoms with E-state index in [1.807, 2.05) is 11.6 Å². The lowest BCUT2D eigenvalue weighted by atomic mass is 10.1. The van der Waals surface area contributed by atoms with Crippen LogP contribution < -0.4 is 14.8 Å². The van der Waals surface area contributed by atoms with Crippen LogP contribution in [0.15, 0.2) is 6.20 Å². The highest BCUT2D eigenvalue weighted by Gasteiger charge is 2.26. The van der Waals surface area contributed by atoms with Gasteiger partial charge in [0.1, 0.15) is 30.0 Å². The van der Waals surface area contributed by atoms with E-state index in [9.17, 15) is 0 Å². The van der Waals surface area contributed by atoms with E-state index >= 15 is 0 Å². The van der Waals surface area contributed by atoms with Crippen LogP contribution in [0.25, 0.3) is 0 Å². The second-order valence-corrected chi connectivity index (χ2v) is 7.62. The highest BCUT2D eigenvalue weighted by molar-refractivity contribution is 6.31. The van der Waals surface area contributed by atoms with Crippen molar-refractivity contribution in [2.24, 2.45) is 0 Å². The zero-order valence-electron chi connectivity index (χ0n) is 18.0. The highest BCUT2D eigenvalue weighted by Crippen LogP contribution is 2.35. The summed E-state index contributed by atoms with van der Waals surface area (Å²) >= 11 is 6.14. The van der Waals surface area contributed by atoms with Crippen molar-refractivity contribution in [3.63, 3.8) is 0 Å². The van der Waals surface area contributed by atoms with Gasteiger partial charge in [0.2, 0.25) is 11.8 Å². The molecule has 0 radical (unpaired) electrons. The molecule has 0 aromatic carbocycles. The first-order valence-electron chi connectivity index (χ1n) is 10.3. The lowest BCUT2D eigenvalue weighted by molar-refractivity contribution is 0.0212. The smallest absolute Gasteiger partial charge is 0.257 e. The van der Waals surface area contributed by atoms with E-state index in [4.69, 9.17) is 35.6 Å². The maximum atomic E-state index is 6.14. The Balaban J connectivity index is 0.000000806. The van der Waals surface area contributed by atoms with Crippen LogP contribution in [0, 0.1) is 6.92 Å². The predicted molar refractivity (Wildman–Crippen MR) is 114 cm³/mol. The van der Waals surface area contributed by atoms with Crippen molar-refractivity contribution in [2.75, 3.05) is 38.9 Å². The quantitative estimate of drug-likeness (QED) is 0.752. The van der Waals surface area contributed by atoms with Crippen LogP contribution in [-0.4, -0.2) is 59.4 Å². The molecular weight excluding hydrogens is 410 g/mol. The van der Waals surface area contributed by atoms with E-state index in [2.05, 4.69) is 29.1 Å². The molecule has 2 aromatic heterocycles. The fourth-order valence-corrected chi connectivity index (χ4v) is 3.32. The zero-order chi connectivity index (χ0) is 21.5. The van der Waals surface area contributed by atoms with Crippen molar-refractivity contribution in [1.82, 2.24) is 19.7 Å². The van der Waals surface area contributed by atoms with Gasteiger partial charge in [0.05, 0.1) is 17.9 Å². The molecule has 0 saturated carbocycles. The van der Waals surface area contributed by atoms with Crippen LogP contribution in [0.1, 0.15) is 44.8 Å². The van der Waals surface area contributed by atoms with Crippen molar-refractivity contribution in [3.05, 3.63) is 16.9 Å². The fourth-order valence-electron chi connectivity index (χ4n) is 3.18. The van der Waals surface area contributed by atoms with Crippen LogP contribution in [0.2, 0.25) is 5.02 Å². The molecule has 166 valence electrons. The monoisotopic (exact) mass is 439 g/mol. The molecule has 0 amide bonds. The number of hydrogen-bond donors (Lipinski definition) is 1. The number of ether oxygens (including phenoxy) is 4. The van der Waals surface area contributed by atoms with Crippen LogP contribution in [0.4, 0.5) is 11.6 Å². The average molecular weight is 440 g/mol. The van der Waals surface area contributed by atoms with Crippen molar-refractivity contribution in [1.29, 1.82) is 0 Å². The van der Waals surface area contributed by atoms with Crippen molar-refractivity contribution < 1.29 is 18.9 Å². The third kappa shape index (κ3) is 5.33. The standard InChI is InChI=1S/C17H22ClN5O4.C3H8/c1-10-14-16(22-23(10)11-3-5-25-6-4-11)27-9-12(24-2)8-26-15-13(18)7-19-17(20-14)21-15;1-3-2/h7,11-12H,3-6,8-9H2,1-2H3,(H,19,20,21);3H2,1-2H3. The van der Waals surface area contributed by atoms with Crippen molar-refractivity contribution in [2.45, 2.75) is 52.2 Å². The molecule has 30 heavy (non-hydrogen) atoms. The van der Waals surface area contributed by atoms with Crippen LogP contribution in [0.3, 0.4) is 0 Å². The molecule has 9 nitrogen and oxygen atoms in total. The van der Waals surface area contributed by atoms with Gasteiger partial charge in [-0.15, -0.1) is 5.10 Å². The van der Waals surface area contributed by atoms with Gasteiger partial charge in [0.25, 0.3) is 5.88 Å². The number of nitrogens with one attached hydrogen (secondary N) is 1. The Morgan fingerprint density at radius 2 is 1.87 bits per heavy atom. The molecule has 2 bridgehead atoms. The minimum Gasteiger partial charge on any atom is -0.474 e. The number of anilines is 2. The number of fused-ring (bicyclic) bond motifs is 3. The molecule has 10 heteroatoms. The van der Waals surface area contributed by atoms with Gasteiger partial charge in [0, 0.05) is 20.3 Å². The van der Waals surface area contributed by atoms with Crippen molar-refractivity contribution >= 4 is 23.2 Å². The summed E-state index contributed by atoms with van der Waals surface area (Å²) in [5.41, 5.74) is 1.68. The summed E-state index contributed by atoms with van der Waals surface area (Å²) in [6, 6.07) is 0.271. The van der Waals surface area contributed by atoms with Gasteiger partial charge in [-0.1, -0.05) is 31.9 Å². The first-order valence-corrected chi connectivity index (χ1v) is 10.7. The fraction of sp³-hybridized carbons (Fsp3) is 0.650. The van der Waals surface area contributed by atoms with Gasteiger partial charge in [-0.05, 0) is 19.8 Å². The van der Waals surface area contributed by atoms with Gasteiger partial charge in [-0.25, -0.2) is 4.98 Å². The molecule has 2 aliphatic rings. The van der Waals surface area contributed by atoms with E-state index in [1.54, 1.807) is 7.11 Å². The third-order valence-electron chi connectivity index (χ3n) is 4.75. The largest absolute Gasteiger partial charge is 0.474 e. The second-order valence-electron chi connectivity index (χ2n) is 7.21. The topological polar surface area (TPSA) is 92.6 Å². The minimum absolute atomic E-state index is 0.252. The van der Waals surface area contributed by atoms with Gasteiger partial charge in [0.15, 0.2) is 0 Å². The summed E-state index contributed by atoms with van der Waals surface area (Å²) in [5.74, 6) is 1.15. The van der Waals surface area contributed by atoms with E-state index in [0.717, 1.165) is 37.4 Å². The molecule has 1 atom stereocenters. The maximum absolute atomic E-state index is 6.14. The average Bonchev–Trinajstić information content (AvgIpc) is 3.05. The summed E-state index contributed by atoms with van der Waals surface area (Å²) in [7, 11) is 1.61. The Morgan fingerprint density at radius 1 is 1.20 bits per heavy atom. The SMILES string of the molecule is CCC.COC1COc2nc(ncc2Cl)Nc2c(nn(C3CCOCC3)c2C)OC1. The van der Waals surface area contributed by atoms with E-state index in [-0.39, 0.29) is 25.4 Å². The first-order chi connectivity index (χ1) is 14.6. The number of halogens is 1. The van der Waals surface area contributed by atoms with E-state index in [1.165, 1.54) is 12.6 Å². The minimum atomic E-state index is -0.293. The molecule has 1 saturated heterocycles. The van der Waals surface area contributed by atoms with E-state index < -0.39 is 0 Å². The molecule has 4 rings (SSSR count). The number of hydrogen-bond acceptors (Lipinski definition) is 8. The molecule has 0 spiro atoms. The van der Waals surface area contributed by atoms with Crippen LogP contribution in [0.5, 0.6) is 11.8 Å². The highest BCUT2D eigenvalue weighted by atomic mass is 35.5. The summed E-state index contributed by atoms with van der Waals surface area (Å²) in [6.45, 7) is 8.25. The Bertz CT molecular complexity index is 826. The Kier molecular flexibility index (Phi) is 8.12. The van der Waals surface area contributed by atoms with Crippen LogP contribution in [-0.2, 0) is 9.47 Å². The van der Waals surface area contributed by atoms with Crippen LogP contribution >= 0.6 is 11.6 Å². The molecule has 1 unspecified atom stereocenters. The van der Waals surface area contributed by atoms with Gasteiger partial charge < -0.3 is 24.3 Å². The normalized spacial score (nSPS) is 19.2. The number of aromatic nitrogens is 4. The Labute approximate surface area is 182 Å². The Morgan fingerprint density at radius 3 is 2.53 bits per heavy atom. The van der Waals surface area contributed by atoms with Gasteiger partial charge >= 0.3 is 0 Å².